The van der Waals surface area contributed by atoms with Crippen LogP contribution in [0, 0.1) is 0 Å². The highest BCUT2D eigenvalue weighted by Gasteiger charge is 2.18. The highest BCUT2D eigenvalue weighted by atomic mass is 28.4. The van der Waals surface area contributed by atoms with Gasteiger partial charge in [0.25, 0.3) is 0 Å². The first-order valence-electron chi connectivity index (χ1n) is 5.07. The van der Waals surface area contributed by atoms with Crippen molar-refractivity contribution in [2.24, 2.45) is 0 Å². The molecule has 0 fully saturated rings. The topological polar surface area (TPSA) is 9.23 Å². The Kier molecular flexibility index (Phi) is 6.14. The van der Waals surface area contributed by atoms with Gasteiger partial charge in [0, 0.05) is 14.7 Å². The predicted octanol–water partition coefficient (Wildman–Crippen LogP) is 3.03. The molecule has 1 atom stereocenters. The van der Waals surface area contributed by atoms with Gasteiger partial charge in [0.15, 0.2) is 9.04 Å². The molecule has 0 aromatic carbocycles. The van der Waals surface area contributed by atoms with Crippen molar-refractivity contribution in [2.45, 2.75) is 51.6 Å². The van der Waals surface area contributed by atoms with Crippen LogP contribution in [0.1, 0.15) is 19.8 Å². The maximum Gasteiger partial charge on any atom is 0.171 e. The van der Waals surface area contributed by atoms with Gasteiger partial charge in [0.1, 0.15) is 0 Å². The SMILES string of the molecule is CCCCO[SiH](C)C[Si](C)(C)C. The maximum absolute atomic E-state index is 5.83. The first kappa shape index (κ1) is 12.4. The number of hydrogen-bond donors (Lipinski definition) is 0. The third-order valence-corrected chi connectivity index (χ3v) is 9.80. The van der Waals surface area contributed by atoms with E-state index in [1.807, 2.05) is 0 Å². The van der Waals surface area contributed by atoms with Crippen LogP contribution in [0.2, 0.25) is 31.9 Å². The molecule has 0 aliphatic carbocycles. The van der Waals surface area contributed by atoms with E-state index in [1.54, 1.807) is 0 Å². The van der Waals surface area contributed by atoms with Crippen LogP contribution in [-0.4, -0.2) is 23.7 Å². The van der Waals surface area contributed by atoms with Gasteiger partial charge in [-0.25, -0.2) is 0 Å². The zero-order valence-electron chi connectivity index (χ0n) is 9.31. The maximum atomic E-state index is 5.83. The van der Waals surface area contributed by atoms with Crippen LogP contribution < -0.4 is 0 Å². The van der Waals surface area contributed by atoms with E-state index in [4.69, 9.17) is 4.43 Å². The Hall–Kier alpha value is 0.394. The first-order valence-corrected chi connectivity index (χ1v) is 11.2. The second kappa shape index (κ2) is 5.94. The van der Waals surface area contributed by atoms with Gasteiger partial charge in [0.05, 0.1) is 0 Å². The number of rotatable bonds is 6. The quantitative estimate of drug-likeness (QED) is 0.477. The Balaban J connectivity index is 3.40. The number of hydrogen-bond acceptors (Lipinski definition) is 1. The lowest BCUT2D eigenvalue weighted by atomic mass is 10.4. The molecular weight excluding hydrogens is 180 g/mol. The van der Waals surface area contributed by atoms with Crippen LogP contribution >= 0.6 is 0 Å². The zero-order chi connectivity index (χ0) is 9.61. The number of unbranched alkanes of at least 4 members (excludes halogenated alkanes) is 1. The average Bonchev–Trinajstić information content (AvgIpc) is 1.84. The fraction of sp³-hybridized carbons (Fsp3) is 1.00. The Morgan fingerprint density at radius 3 is 2.25 bits per heavy atom. The summed E-state index contributed by atoms with van der Waals surface area (Å²) in [4.78, 5) is 0. The van der Waals surface area contributed by atoms with Gasteiger partial charge >= 0.3 is 0 Å². The van der Waals surface area contributed by atoms with E-state index in [9.17, 15) is 0 Å². The van der Waals surface area contributed by atoms with Gasteiger partial charge in [-0.15, -0.1) is 0 Å². The summed E-state index contributed by atoms with van der Waals surface area (Å²) in [5.41, 5.74) is 1.43. The van der Waals surface area contributed by atoms with Gasteiger partial charge in [-0.3, -0.25) is 0 Å². The highest BCUT2D eigenvalue weighted by Crippen LogP contribution is 2.11. The molecule has 0 saturated heterocycles. The van der Waals surface area contributed by atoms with Crippen LogP contribution in [0.25, 0.3) is 0 Å². The van der Waals surface area contributed by atoms with E-state index < -0.39 is 17.1 Å². The highest BCUT2D eigenvalue weighted by molar-refractivity contribution is 6.85. The van der Waals surface area contributed by atoms with Gasteiger partial charge in [-0.1, -0.05) is 33.0 Å². The predicted molar refractivity (Wildman–Crippen MR) is 62.0 cm³/mol. The molecule has 0 amide bonds. The summed E-state index contributed by atoms with van der Waals surface area (Å²) in [6.07, 6.45) is 2.50. The lowest BCUT2D eigenvalue weighted by molar-refractivity contribution is 0.316. The summed E-state index contributed by atoms with van der Waals surface area (Å²) in [5.74, 6) is 0. The lowest BCUT2D eigenvalue weighted by Crippen LogP contribution is -2.29. The van der Waals surface area contributed by atoms with Crippen molar-refractivity contribution in [3.05, 3.63) is 0 Å². The third kappa shape index (κ3) is 8.49. The fourth-order valence-corrected chi connectivity index (χ4v) is 9.29. The van der Waals surface area contributed by atoms with Crippen molar-refractivity contribution in [3.8, 4) is 0 Å². The minimum atomic E-state index is -0.844. The van der Waals surface area contributed by atoms with Gasteiger partial charge < -0.3 is 4.43 Å². The smallest absolute Gasteiger partial charge is 0.171 e. The lowest BCUT2D eigenvalue weighted by Gasteiger charge is -2.20. The molecular formula is C9H24OSi2. The zero-order valence-corrected chi connectivity index (χ0v) is 11.5. The van der Waals surface area contributed by atoms with Gasteiger partial charge in [0.2, 0.25) is 0 Å². The summed E-state index contributed by atoms with van der Waals surface area (Å²) >= 11 is 0. The molecule has 0 N–H and O–H groups in total. The molecule has 0 spiro atoms. The van der Waals surface area contributed by atoms with E-state index in [1.165, 1.54) is 18.5 Å². The Morgan fingerprint density at radius 2 is 1.83 bits per heavy atom. The van der Waals surface area contributed by atoms with Crippen molar-refractivity contribution >= 4 is 17.1 Å². The van der Waals surface area contributed by atoms with Crippen LogP contribution in [0.15, 0.2) is 0 Å². The third-order valence-electron chi connectivity index (χ3n) is 1.80. The molecule has 0 heterocycles. The monoisotopic (exact) mass is 204 g/mol. The van der Waals surface area contributed by atoms with Gasteiger partial charge in [-0.05, 0) is 18.6 Å². The molecule has 1 unspecified atom stereocenters. The normalized spacial score (nSPS) is 14.8. The van der Waals surface area contributed by atoms with Crippen molar-refractivity contribution in [1.82, 2.24) is 0 Å². The van der Waals surface area contributed by atoms with Crippen molar-refractivity contribution in [2.75, 3.05) is 6.61 Å². The fourth-order valence-electron chi connectivity index (χ4n) is 1.35. The molecule has 1 nitrogen and oxygen atoms in total. The van der Waals surface area contributed by atoms with E-state index in [2.05, 4.69) is 33.1 Å². The largest absolute Gasteiger partial charge is 0.421 e. The molecule has 0 radical (unpaired) electrons. The molecule has 0 aromatic heterocycles. The molecule has 12 heavy (non-hydrogen) atoms. The van der Waals surface area contributed by atoms with Gasteiger partial charge in [-0.2, -0.15) is 0 Å². The van der Waals surface area contributed by atoms with Crippen LogP contribution in [0.3, 0.4) is 0 Å². The molecule has 0 saturated carbocycles. The Morgan fingerprint density at radius 1 is 1.25 bits per heavy atom. The second-order valence-electron chi connectivity index (χ2n) is 4.80. The summed E-state index contributed by atoms with van der Waals surface area (Å²) in [6.45, 7) is 12.9. The minimum Gasteiger partial charge on any atom is -0.421 e. The first-order chi connectivity index (χ1) is 5.45. The summed E-state index contributed by atoms with van der Waals surface area (Å²) in [6, 6.07) is 0. The van der Waals surface area contributed by atoms with Crippen LogP contribution in [0.4, 0.5) is 0 Å². The second-order valence-corrected chi connectivity index (χ2v) is 13.5. The van der Waals surface area contributed by atoms with E-state index >= 15 is 0 Å². The standard InChI is InChI=1S/C9H24OSi2/c1-6-7-8-10-11(2)9-12(3,4)5/h11H,6-9H2,1-5H3. The van der Waals surface area contributed by atoms with E-state index in [0.29, 0.717) is 0 Å². The van der Waals surface area contributed by atoms with Crippen molar-refractivity contribution in [1.29, 1.82) is 0 Å². The van der Waals surface area contributed by atoms with Crippen LogP contribution in [0.5, 0.6) is 0 Å². The summed E-state index contributed by atoms with van der Waals surface area (Å²) in [7, 11) is -1.64. The molecule has 3 heteroatoms. The van der Waals surface area contributed by atoms with Crippen molar-refractivity contribution < 1.29 is 4.43 Å². The molecule has 0 bridgehead atoms. The minimum absolute atomic E-state index is 0.797. The Bertz CT molecular complexity index is 110. The molecule has 0 aromatic rings. The van der Waals surface area contributed by atoms with Crippen molar-refractivity contribution in [3.63, 3.8) is 0 Å². The van der Waals surface area contributed by atoms with E-state index in [-0.39, 0.29) is 0 Å². The average molecular weight is 204 g/mol. The van der Waals surface area contributed by atoms with Crippen LogP contribution in [-0.2, 0) is 4.43 Å². The van der Waals surface area contributed by atoms with E-state index in [0.717, 1.165) is 6.61 Å². The molecule has 74 valence electrons. The Labute approximate surface area is 80.3 Å². The summed E-state index contributed by atoms with van der Waals surface area (Å²) < 4.78 is 5.83. The molecule has 0 aliphatic rings. The summed E-state index contributed by atoms with van der Waals surface area (Å²) in [5, 5.41) is 0. The molecule has 0 aliphatic heterocycles. The molecule has 0 rings (SSSR count).